The summed E-state index contributed by atoms with van der Waals surface area (Å²) in [6.07, 6.45) is 4.49. The highest BCUT2D eigenvalue weighted by molar-refractivity contribution is 5.92. The lowest BCUT2D eigenvalue weighted by Gasteiger charge is -2.36. The van der Waals surface area contributed by atoms with Crippen LogP contribution < -0.4 is 10.2 Å². The van der Waals surface area contributed by atoms with Crippen molar-refractivity contribution in [3.05, 3.63) is 59.7 Å². The molecule has 1 saturated heterocycles. The first kappa shape index (κ1) is 23.8. The van der Waals surface area contributed by atoms with E-state index in [1.54, 1.807) is 0 Å². The summed E-state index contributed by atoms with van der Waals surface area (Å²) in [7, 11) is 0. The second-order valence-corrected chi connectivity index (χ2v) is 8.82. The highest BCUT2D eigenvalue weighted by Crippen LogP contribution is 2.21. The molecule has 1 atom stereocenters. The van der Waals surface area contributed by atoms with Gasteiger partial charge in [0.25, 0.3) is 0 Å². The molecular weight excluding hydrogens is 398 g/mol. The maximum atomic E-state index is 12.7. The molecule has 5 nitrogen and oxygen atoms in total. The van der Waals surface area contributed by atoms with E-state index in [4.69, 9.17) is 0 Å². The van der Waals surface area contributed by atoms with Gasteiger partial charge in [0.2, 0.25) is 11.8 Å². The second kappa shape index (κ2) is 11.7. The minimum atomic E-state index is 0.0834. The maximum Gasteiger partial charge on any atom is 0.227 e. The van der Waals surface area contributed by atoms with Crippen LogP contribution in [0.5, 0.6) is 0 Å². The van der Waals surface area contributed by atoms with Crippen molar-refractivity contribution in [1.29, 1.82) is 0 Å². The number of hydrogen-bond acceptors (Lipinski definition) is 3. The summed E-state index contributed by atoms with van der Waals surface area (Å²) in [5.74, 6) is 0.399. The van der Waals surface area contributed by atoms with E-state index in [1.165, 1.54) is 5.56 Å². The largest absolute Gasteiger partial charge is 0.368 e. The zero-order valence-electron chi connectivity index (χ0n) is 19.8. The van der Waals surface area contributed by atoms with Crippen LogP contribution in [0.1, 0.15) is 50.7 Å². The topological polar surface area (TPSA) is 52.7 Å². The smallest absolute Gasteiger partial charge is 0.227 e. The lowest BCUT2D eigenvalue weighted by atomic mass is 9.98. The summed E-state index contributed by atoms with van der Waals surface area (Å²) in [6, 6.07) is 16.3. The standard InChI is InChI=1S/C27H37N3O2/c1-4-6-10-23(5-2)27(32)28-24-11-13-25(14-12-24)29-15-17-30(18-16-29)26(31)20-22-9-7-8-21(3)19-22/h7-9,11-14,19,23H,4-6,10,15-18,20H2,1-3H3,(H,28,32)/t23-/m0/s1. The zero-order valence-corrected chi connectivity index (χ0v) is 19.8. The fourth-order valence-corrected chi connectivity index (χ4v) is 4.29. The number of nitrogens with one attached hydrogen (secondary N) is 1. The third-order valence-corrected chi connectivity index (χ3v) is 6.34. The van der Waals surface area contributed by atoms with E-state index in [9.17, 15) is 9.59 Å². The quantitative estimate of drug-likeness (QED) is 0.600. The Balaban J connectivity index is 1.49. The van der Waals surface area contributed by atoms with Crippen molar-refractivity contribution in [1.82, 2.24) is 4.90 Å². The zero-order chi connectivity index (χ0) is 22.9. The summed E-state index contributed by atoms with van der Waals surface area (Å²) in [4.78, 5) is 29.5. The number of amides is 2. The van der Waals surface area contributed by atoms with Crippen LogP contribution in [0.3, 0.4) is 0 Å². The molecule has 5 heteroatoms. The van der Waals surface area contributed by atoms with Crippen LogP contribution in [-0.4, -0.2) is 42.9 Å². The van der Waals surface area contributed by atoms with Crippen molar-refractivity contribution in [3.8, 4) is 0 Å². The Bertz CT molecular complexity index is 886. The molecule has 0 saturated carbocycles. The van der Waals surface area contributed by atoms with Gasteiger partial charge in [-0.15, -0.1) is 0 Å². The highest BCUT2D eigenvalue weighted by atomic mass is 16.2. The molecule has 1 heterocycles. The van der Waals surface area contributed by atoms with Gasteiger partial charge in [-0.2, -0.15) is 0 Å². The molecule has 2 aromatic carbocycles. The molecule has 32 heavy (non-hydrogen) atoms. The lowest BCUT2D eigenvalue weighted by molar-refractivity contribution is -0.130. The van der Waals surface area contributed by atoms with Crippen LogP contribution in [0.15, 0.2) is 48.5 Å². The van der Waals surface area contributed by atoms with Crippen LogP contribution in [0.2, 0.25) is 0 Å². The molecule has 0 aromatic heterocycles. The third kappa shape index (κ3) is 6.59. The second-order valence-electron chi connectivity index (χ2n) is 8.82. The highest BCUT2D eigenvalue weighted by Gasteiger charge is 2.22. The van der Waals surface area contributed by atoms with E-state index in [-0.39, 0.29) is 17.7 Å². The number of aryl methyl sites for hydroxylation is 1. The predicted octanol–water partition coefficient (Wildman–Crippen LogP) is 5.04. The first-order chi connectivity index (χ1) is 15.5. The number of benzene rings is 2. The fraction of sp³-hybridized carbons (Fsp3) is 0.481. The molecule has 0 unspecified atom stereocenters. The van der Waals surface area contributed by atoms with Gasteiger partial charge in [-0.3, -0.25) is 9.59 Å². The third-order valence-electron chi connectivity index (χ3n) is 6.34. The number of carbonyl (C=O) groups is 2. The van der Waals surface area contributed by atoms with E-state index >= 15 is 0 Å². The van der Waals surface area contributed by atoms with E-state index in [0.29, 0.717) is 6.42 Å². The van der Waals surface area contributed by atoms with Gasteiger partial charge in [0, 0.05) is 43.5 Å². The van der Waals surface area contributed by atoms with Crippen molar-refractivity contribution < 1.29 is 9.59 Å². The van der Waals surface area contributed by atoms with E-state index in [2.05, 4.69) is 55.3 Å². The molecule has 2 aromatic rings. The molecule has 0 bridgehead atoms. The molecule has 2 amide bonds. The summed E-state index contributed by atoms with van der Waals surface area (Å²) in [6.45, 7) is 9.40. The van der Waals surface area contributed by atoms with Gasteiger partial charge in [-0.05, 0) is 49.6 Å². The molecule has 1 aliphatic heterocycles. The van der Waals surface area contributed by atoms with Crippen molar-refractivity contribution in [3.63, 3.8) is 0 Å². The Hall–Kier alpha value is -2.82. The summed E-state index contributed by atoms with van der Waals surface area (Å²) < 4.78 is 0. The first-order valence-electron chi connectivity index (χ1n) is 12.0. The Labute approximate surface area is 192 Å². The number of anilines is 2. The fourth-order valence-electron chi connectivity index (χ4n) is 4.29. The molecule has 0 radical (unpaired) electrons. The molecule has 1 aliphatic rings. The van der Waals surface area contributed by atoms with Crippen LogP contribution in [-0.2, 0) is 16.0 Å². The maximum absolute atomic E-state index is 12.7. The minimum absolute atomic E-state index is 0.0834. The van der Waals surface area contributed by atoms with Gasteiger partial charge >= 0.3 is 0 Å². The molecule has 0 aliphatic carbocycles. The molecule has 3 rings (SSSR count). The number of nitrogens with zero attached hydrogens (tertiary/aromatic N) is 2. The van der Waals surface area contributed by atoms with Crippen molar-refractivity contribution in [2.75, 3.05) is 36.4 Å². The Morgan fingerprint density at radius 2 is 1.72 bits per heavy atom. The number of piperazine rings is 1. The average Bonchev–Trinajstić information content (AvgIpc) is 2.80. The van der Waals surface area contributed by atoms with Crippen LogP contribution in [0.25, 0.3) is 0 Å². The summed E-state index contributed by atoms with van der Waals surface area (Å²) >= 11 is 0. The summed E-state index contributed by atoms with van der Waals surface area (Å²) in [5, 5.41) is 3.07. The Morgan fingerprint density at radius 3 is 2.34 bits per heavy atom. The van der Waals surface area contributed by atoms with Gasteiger partial charge < -0.3 is 15.1 Å². The van der Waals surface area contributed by atoms with Crippen LogP contribution in [0.4, 0.5) is 11.4 Å². The number of hydrogen-bond donors (Lipinski definition) is 1. The SMILES string of the molecule is CCCC[C@H](CC)C(=O)Nc1ccc(N2CCN(C(=O)Cc3cccc(C)c3)CC2)cc1. The lowest BCUT2D eigenvalue weighted by Crippen LogP contribution is -2.49. The molecule has 1 fully saturated rings. The summed E-state index contributed by atoms with van der Waals surface area (Å²) in [5.41, 5.74) is 4.24. The van der Waals surface area contributed by atoms with Crippen LogP contribution in [0, 0.1) is 12.8 Å². The van der Waals surface area contributed by atoms with E-state index < -0.39 is 0 Å². The minimum Gasteiger partial charge on any atom is -0.368 e. The molecule has 0 spiro atoms. The first-order valence-corrected chi connectivity index (χ1v) is 12.0. The van der Waals surface area contributed by atoms with E-state index in [1.807, 2.05) is 29.2 Å². The normalized spacial score (nSPS) is 14.8. The predicted molar refractivity (Wildman–Crippen MR) is 132 cm³/mol. The van der Waals surface area contributed by atoms with Crippen LogP contribution >= 0.6 is 0 Å². The van der Waals surface area contributed by atoms with Gasteiger partial charge in [-0.25, -0.2) is 0 Å². The molecule has 172 valence electrons. The van der Waals surface area contributed by atoms with E-state index in [0.717, 1.165) is 68.8 Å². The van der Waals surface area contributed by atoms with Gasteiger partial charge in [0.1, 0.15) is 0 Å². The van der Waals surface area contributed by atoms with Crippen molar-refractivity contribution in [2.45, 2.75) is 52.9 Å². The Kier molecular flexibility index (Phi) is 8.72. The number of carbonyl (C=O) groups excluding carboxylic acids is 2. The average molecular weight is 436 g/mol. The molecule has 1 N–H and O–H groups in total. The van der Waals surface area contributed by atoms with Gasteiger partial charge in [0.15, 0.2) is 0 Å². The molecular formula is C27H37N3O2. The van der Waals surface area contributed by atoms with Crippen molar-refractivity contribution in [2.24, 2.45) is 5.92 Å². The Morgan fingerprint density at radius 1 is 1.00 bits per heavy atom. The van der Waals surface area contributed by atoms with Gasteiger partial charge in [0.05, 0.1) is 6.42 Å². The number of rotatable bonds is 9. The number of unbranched alkanes of at least 4 members (excludes halogenated alkanes) is 1. The van der Waals surface area contributed by atoms with Crippen molar-refractivity contribution >= 4 is 23.2 Å². The monoisotopic (exact) mass is 435 g/mol. The van der Waals surface area contributed by atoms with Gasteiger partial charge in [-0.1, -0.05) is 56.5 Å².